The molecule has 2 aliphatic rings. The van der Waals surface area contributed by atoms with Crippen molar-refractivity contribution in [1.82, 2.24) is 9.29 Å². The number of ether oxygens (including phenoxy) is 1. The first-order valence-corrected chi connectivity index (χ1v) is 10.3. The molecule has 11 heteroatoms. The molecule has 26 heavy (non-hydrogen) atoms. The summed E-state index contributed by atoms with van der Waals surface area (Å²) in [5, 5.41) is 2.72. The molecule has 3 N–H and O–H groups in total. The van der Waals surface area contributed by atoms with Crippen LogP contribution in [0.4, 0.5) is 5.13 Å². The fraction of sp³-hybridized carbons (Fsp3) is 0.533. The van der Waals surface area contributed by atoms with Gasteiger partial charge in [-0.3, -0.25) is 9.59 Å². The monoisotopic (exact) mass is 400 g/mol. The second-order valence-corrected chi connectivity index (χ2v) is 9.63. The standard InChI is InChI=1S/C15H20N4O5S2/c1-9-11(13(16)21)7-15(24-9)3-5-19(6-4-15)26(22,23)12-8-17-14(25-12)18-10(2)20/h8H,3-7H2,1-2H3,(H2,16,21)(H,17,18,20). The van der Waals surface area contributed by atoms with E-state index < -0.39 is 21.5 Å². The number of anilines is 1. The van der Waals surface area contributed by atoms with E-state index in [1.807, 2.05) is 0 Å². The quantitative estimate of drug-likeness (QED) is 0.768. The number of hydrogen-bond acceptors (Lipinski definition) is 7. The van der Waals surface area contributed by atoms with Gasteiger partial charge in [0, 0.05) is 39.3 Å². The van der Waals surface area contributed by atoms with Crippen molar-refractivity contribution in [2.45, 2.75) is 42.9 Å². The molecule has 0 aromatic carbocycles. The maximum atomic E-state index is 12.8. The molecule has 0 radical (unpaired) electrons. The Morgan fingerprint density at radius 2 is 2.04 bits per heavy atom. The van der Waals surface area contributed by atoms with Gasteiger partial charge >= 0.3 is 0 Å². The molecule has 9 nitrogen and oxygen atoms in total. The number of piperidine rings is 1. The Balaban J connectivity index is 1.69. The van der Waals surface area contributed by atoms with E-state index in [4.69, 9.17) is 10.5 Å². The highest BCUT2D eigenvalue weighted by molar-refractivity contribution is 7.91. The van der Waals surface area contributed by atoms with Gasteiger partial charge in [0.15, 0.2) is 9.34 Å². The van der Waals surface area contributed by atoms with Crippen molar-refractivity contribution in [3.05, 3.63) is 17.5 Å². The number of carbonyl (C=O) groups is 2. The van der Waals surface area contributed by atoms with Crippen molar-refractivity contribution in [3.63, 3.8) is 0 Å². The second-order valence-electron chi connectivity index (χ2n) is 6.43. The van der Waals surface area contributed by atoms with Crippen LogP contribution in [0.15, 0.2) is 21.7 Å². The lowest BCUT2D eigenvalue weighted by molar-refractivity contribution is -0.115. The molecule has 2 aliphatic heterocycles. The highest BCUT2D eigenvalue weighted by Gasteiger charge is 2.45. The summed E-state index contributed by atoms with van der Waals surface area (Å²) in [6.07, 6.45) is 2.60. The van der Waals surface area contributed by atoms with Gasteiger partial charge in [0.05, 0.1) is 11.8 Å². The van der Waals surface area contributed by atoms with Gasteiger partial charge in [0.1, 0.15) is 11.4 Å². The summed E-state index contributed by atoms with van der Waals surface area (Å²) in [5.41, 5.74) is 5.28. The summed E-state index contributed by atoms with van der Waals surface area (Å²) in [7, 11) is -3.69. The Morgan fingerprint density at radius 1 is 1.38 bits per heavy atom. The Labute approximate surface area is 155 Å². The van der Waals surface area contributed by atoms with Crippen molar-refractivity contribution in [3.8, 4) is 0 Å². The van der Waals surface area contributed by atoms with E-state index in [-0.39, 0.29) is 28.3 Å². The number of allylic oxidation sites excluding steroid dienone is 1. The van der Waals surface area contributed by atoms with E-state index in [2.05, 4.69) is 10.3 Å². The molecule has 0 aliphatic carbocycles. The molecular formula is C15H20N4O5S2. The van der Waals surface area contributed by atoms with Crippen molar-refractivity contribution in [1.29, 1.82) is 0 Å². The minimum Gasteiger partial charge on any atom is -0.491 e. The lowest BCUT2D eigenvalue weighted by Crippen LogP contribution is -2.46. The third-order valence-corrected chi connectivity index (χ3v) is 7.83. The lowest BCUT2D eigenvalue weighted by atomic mass is 9.87. The molecule has 0 bridgehead atoms. The normalized spacial score (nSPS) is 20.2. The van der Waals surface area contributed by atoms with Crippen LogP contribution in [-0.4, -0.2) is 48.2 Å². The summed E-state index contributed by atoms with van der Waals surface area (Å²) in [4.78, 5) is 26.5. The SMILES string of the molecule is CC(=O)Nc1ncc(S(=O)(=O)N2CCC3(CC2)CC(C(N)=O)=C(C)O3)s1. The first-order valence-electron chi connectivity index (χ1n) is 8.05. The summed E-state index contributed by atoms with van der Waals surface area (Å²) < 4.78 is 32.9. The van der Waals surface area contributed by atoms with Crippen LogP contribution in [0.1, 0.15) is 33.1 Å². The molecule has 0 atom stereocenters. The number of rotatable bonds is 4. The maximum Gasteiger partial charge on any atom is 0.254 e. The average Bonchev–Trinajstić information content (AvgIpc) is 3.13. The molecule has 1 aromatic heterocycles. The molecule has 142 valence electrons. The van der Waals surface area contributed by atoms with Gasteiger partial charge in [0.2, 0.25) is 11.8 Å². The van der Waals surface area contributed by atoms with Crippen LogP contribution in [0.5, 0.6) is 0 Å². The van der Waals surface area contributed by atoms with E-state index >= 15 is 0 Å². The summed E-state index contributed by atoms with van der Waals surface area (Å²) in [6.45, 7) is 3.58. The van der Waals surface area contributed by atoms with E-state index in [9.17, 15) is 18.0 Å². The molecule has 1 saturated heterocycles. The fourth-order valence-corrected chi connectivity index (χ4v) is 5.93. The number of nitrogens with two attached hydrogens (primary N) is 1. The van der Waals surface area contributed by atoms with Crippen molar-refractivity contribution in [2.24, 2.45) is 5.73 Å². The average molecular weight is 400 g/mol. The third kappa shape index (κ3) is 3.46. The van der Waals surface area contributed by atoms with Crippen molar-refractivity contribution < 1.29 is 22.7 Å². The van der Waals surface area contributed by atoms with Crippen LogP contribution in [0.25, 0.3) is 0 Å². The molecule has 0 unspecified atom stereocenters. The predicted molar refractivity (Wildman–Crippen MR) is 94.7 cm³/mol. The molecule has 1 aromatic rings. The number of amides is 2. The first-order chi connectivity index (χ1) is 12.1. The Hall–Kier alpha value is -1.98. The number of carbonyl (C=O) groups excluding carboxylic acids is 2. The highest BCUT2D eigenvalue weighted by atomic mass is 32.2. The Kier molecular flexibility index (Phi) is 4.80. The van der Waals surface area contributed by atoms with Crippen LogP contribution >= 0.6 is 11.3 Å². The Morgan fingerprint density at radius 3 is 2.58 bits per heavy atom. The third-order valence-electron chi connectivity index (χ3n) is 4.59. The van der Waals surface area contributed by atoms with Crippen LogP contribution in [0.2, 0.25) is 0 Å². The van der Waals surface area contributed by atoms with E-state index in [1.54, 1.807) is 6.92 Å². The van der Waals surface area contributed by atoms with Gasteiger partial charge in [-0.2, -0.15) is 4.31 Å². The highest BCUT2D eigenvalue weighted by Crippen LogP contribution is 2.42. The van der Waals surface area contributed by atoms with Gasteiger partial charge < -0.3 is 15.8 Å². The van der Waals surface area contributed by atoms with Gasteiger partial charge in [-0.1, -0.05) is 11.3 Å². The molecule has 3 rings (SSSR count). The summed E-state index contributed by atoms with van der Waals surface area (Å²) >= 11 is 0.917. The van der Waals surface area contributed by atoms with E-state index in [1.165, 1.54) is 17.4 Å². The summed E-state index contributed by atoms with van der Waals surface area (Å²) in [6, 6.07) is 0. The van der Waals surface area contributed by atoms with Crippen molar-refractivity contribution >= 4 is 38.3 Å². The fourth-order valence-electron chi connectivity index (χ4n) is 3.26. The van der Waals surface area contributed by atoms with Crippen LogP contribution in [0, 0.1) is 0 Å². The van der Waals surface area contributed by atoms with Crippen LogP contribution < -0.4 is 11.1 Å². The smallest absolute Gasteiger partial charge is 0.254 e. The minimum absolute atomic E-state index is 0.0803. The second kappa shape index (κ2) is 6.63. The first kappa shape index (κ1) is 18.8. The zero-order chi connectivity index (χ0) is 19.1. The summed E-state index contributed by atoms with van der Waals surface area (Å²) in [5.74, 6) is -0.282. The number of sulfonamides is 1. The minimum atomic E-state index is -3.69. The molecular weight excluding hydrogens is 380 g/mol. The number of thiazole rings is 1. The zero-order valence-electron chi connectivity index (χ0n) is 14.4. The van der Waals surface area contributed by atoms with Gasteiger partial charge in [-0.15, -0.1) is 0 Å². The molecule has 0 saturated carbocycles. The molecule has 3 heterocycles. The number of aromatic nitrogens is 1. The van der Waals surface area contributed by atoms with E-state index in [0.29, 0.717) is 30.6 Å². The lowest BCUT2D eigenvalue weighted by Gasteiger charge is -2.38. The number of hydrogen-bond donors (Lipinski definition) is 2. The predicted octanol–water partition coefficient (Wildman–Crippen LogP) is 0.804. The number of nitrogens with zero attached hydrogens (tertiary/aromatic N) is 2. The molecule has 1 spiro atoms. The largest absolute Gasteiger partial charge is 0.491 e. The van der Waals surface area contributed by atoms with Gasteiger partial charge in [0.25, 0.3) is 10.0 Å². The van der Waals surface area contributed by atoms with E-state index in [0.717, 1.165) is 11.3 Å². The van der Waals surface area contributed by atoms with Crippen LogP contribution in [-0.2, 0) is 24.3 Å². The maximum absolute atomic E-state index is 12.8. The zero-order valence-corrected chi connectivity index (χ0v) is 16.1. The number of nitrogens with one attached hydrogen (secondary N) is 1. The van der Waals surface area contributed by atoms with Crippen LogP contribution in [0.3, 0.4) is 0 Å². The van der Waals surface area contributed by atoms with Gasteiger partial charge in [-0.05, 0) is 6.92 Å². The van der Waals surface area contributed by atoms with Gasteiger partial charge in [-0.25, -0.2) is 13.4 Å². The Bertz CT molecular complexity index is 882. The molecule has 1 fully saturated rings. The number of primary amides is 1. The van der Waals surface area contributed by atoms with Crippen molar-refractivity contribution in [2.75, 3.05) is 18.4 Å². The topological polar surface area (TPSA) is 132 Å². The molecule has 2 amide bonds.